The molecule has 0 fully saturated rings. The molecule has 0 aliphatic heterocycles. The van der Waals surface area contributed by atoms with Crippen molar-refractivity contribution < 1.29 is 24.1 Å². The van der Waals surface area contributed by atoms with Gasteiger partial charge in [-0.25, -0.2) is 0 Å². The molecule has 0 aliphatic carbocycles. The zero-order chi connectivity index (χ0) is 24.1. The molecule has 0 radical (unpaired) electrons. The highest BCUT2D eigenvalue weighted by atomic mass is 31.1. The van der Waals surface area contributed by atoms with Crippen LogP contribution >= 0.6 is 7.92 Å². The molecule has 4 rings (SSSR count). The van der Waals surface area contributed by atoms with Gasteiger partial charge < -0.3 is 24.1 Å². The Labute approximate surface area is 201 Å². The van der Waals surface area contributed by atoms with Crippen molar-refractivity contribution >= 4 is 23.8 Å². The molecule has 174 valence electrons. The van der Waals surface area contributed by atoms with Crippen molar-refractivity contribution in [1.29, 1.82) is 0 Å². The lowest BCUT2D eigenvalue weighted by Crippen LogP contribution is -2.24. The molecule has 0 unspecified atom stereocenters. The van der Waals surface area contributed by atoms with Crippen LogP contribution in [0.2, 0.25) is 0 Å². The van der Waals surface area contributed by atoms with Crippen LogP contribution in [-0.4, -0.2) is 33.5 Å². The molecule has 0 aromatic heterocycles. The fraction of sp³-hybridized carbons (Fsp3) is 0.143. The first-order chi connectivity index (χ1) is 16.6. The average molecular weight is 474 g/mol. The maximum atomic E-state index is 10.7. The van der Waals surface area contributed by atoms with Crippen LogP contribution in [0.4, 0.5) is 0 Å². The summed E-state index contributed by atoms with van der Waals surface area (Å²) in [6.07, 6.45) is 0. The van der Waals surface area contributed by atoms with Crippen LogP contribution in [0.1, 0.15) is 0 Å². The lowest BCUT2D eigenvalue weighted by atomic mass is 10.0. The number of methoxy groups -OCH3 is 4. The van der Waals surface area contributed by atoms with Crippen molar-refractivity contribution in [1.82, 2.24) is 0 Å². The summed E-state index contributed by atoms with van der Waals surface area (Å²) in [7, 11) is 5.43. The molecule has 0 saturated carbocycles. The van der Waals surface area contributed by atoms with Crippen LogP contribution < -0.4 is 34.9 Å². The van der Waals surface area contributed by atoms with Crippen LogP contribution in [-0.2, 0) is 0 Å². The highest BCUT2D eigenvalue weighted by Crippen LogP contribution is 2.44. The van der Waals surface area contributed by atoms with Crippen molar-refractivity contribution in [2.75, 3.05) is 28.4 Å². The zero-order valence-electron chi connectivity index (χ0n) is 19.6. The molecule has 5 nitrogen and oxygen atoms in total. The number of phenolic OH excluding ortho intramolecular Hbond substituents is 1. The molecule has 0 atom stereocenters. The van der Waals surface area contributed by atoms with Gasteiger partial charge in [-0.05, 0) is 49.1 Å². The smallest absolute Gasteiger partial charge is 0.130 e. The summed E-state index contributed by atoms with van der Waals surface area (Å²) in [6.45, 7) is 0. The van der Waals surface area contributed by atoms with Crippen LogP contribution in [0.3, 0.4) is 0 Å². The fourth-order valence-electron chi connectivity index (χ4n) is 3.93. The predicted molar refractivity (Wildman–Crippen MR) is 138 cm³/mol. The summed E-state index contributed by atoms with van der Waals surface area (Å²) in [4.78, 5) is 0. The van der Waals surface area contributed by atoms with Gasteiger partial charge in [-0.3, -0.25) is 0 Å². The van der Waals surface area contributed by atoms with Crippen LogP contribution in [0.15, 0.2) is 84.9 Å². The van der Waals surface area contributed by atoms with E-state index in [1.807, 2.05) is 72.8 Å². The van der Waals surface area contributed by atoms with Gasteiger partial charge in [0.05, 0.1) is 28.4 Å². The third kappa shape index (κ3) is 4.52. The maximum Gasteiger partial charge on any atom is 0.130 e. The van der Waals surface area contributed by atoms with E-state index >= 15 is 0 Å². The number of ether oxygens (including phenoxy) is 4. The molecule has 0 heterocycles. The molecule has 0 bridgehead atoms. The number of rotatable bonds is 8. The second kappa shape index (κ2) is 10.5. The standard InChI is InChI=1S/C28H27O5P/c1-30-19-13-15-27(24(17-19)32-3)34(28-16-14-20(31-2)18-25(28)33-4)26-12-8-6-10-22(26)21-9-5-7-11-23(21)29/h5-18,29H,1-4H3. The molecule has 4 aromatic carbocycles. The van der Waals surface area contributed by atoms with E-state index < -0.39 is 7.92 Å². The van der Waals surface area contributed by atoms with Gasteiger partial charge >= 0.3 is 0 Å². The largest absolute Gasteiger partial charge is 0.507 e. The first-order valence-corrected chi connectivity index (χ1v) is 12.1. The van der Waals surface area contributed by atoms with Crippen LogP contribution in [0, 0.1) is 0 Å². The summed E-state index contributed by atoms with van der Waals surface area (Å²) in [5.74, 6) is 3.09. The fourth-order valence-corrected chi connectivity index (χ4v) is 6.58. The van der Waals surface area contributed by atoms with Crippen molar-refractivity contribution in [3.05, 3.63) is 84.9 Å². The maximum absolute atomic E-state index is 10.7. The highest BCUT2D eigenvalue weighted by molar-refractivity contribution is 7.80. The molecular formula is C28H27O5P. The highest BCUT2D eigenvalue weighted by Gasteiger charge is 2.27. The van der Waals surface area contributed by atoms with Gasteiger partial charge in [0, 0.05) is 28.3 Å². The van der Waals surface area contributed by atoms with Crippen molar-refractivity contribution in [2.45, 2.75) is 0 Å². The Kier molecular flexibility index (Phi) is 7.24. The Balaban J connectivity index is 2.03. The molecule has 34 heavy (non-hydrogen) atoms. The van der Waals surface area contributed by atoms with Crippen LogP contribution in [0.5, 0.6) is 28.7 Å². The molecular weight excluding hydrogens is 447 g/mol. The number of phenols is 1. The Hall–Kier alpha value is -3.69. The first kappa shape index (κ1) is 23.5. The SMILES string of the molecule is COc1ccc(P(c2ccc(OC)cc2OC)c2ccccc2-c2ccccc2O)c(OC)c1. The quantitative estimate of drug-likeness (QED) is 0.370. The van der Waals surface area contributed by atoms with Crippen LogP contribution in [0.25, 0.3) is 11.1 Å². The van der Waals surface area contributed by atoms with E-state index in [2.05, 4.69) is 6.07 Å². The van der Waals surface area contributed by atoms with E-state index in [0.717, 1.165) is 38.5 Å². The number of hydrogen-bond acceptors (Lipinski definition) is 5. The second-order valence-electron chi connectivity index (χ2n) is 7.45. The van der Waals surface area contributed by atoms with Gasteiger partial charge in [0.15, 0.2) is 0 Å². The monoisotopic (exact) mass is 474 g/mol. The van der Waals surface area contributed by atoms with E-state index in [0.29, 0.717) is 11.5 Å². The molecule has 0 spiro atoms. The minimum Gasteiger partial charge on any atom is -0.507 e. The van der Waals surface area contributed by atoms with Gasteiger partial charge in [0.1, 0.15) is 28.7 Å². The summed E-state index contributed by atoms with van der Waals surface area (Å²) in [6, 6.07) is 27.2. The van der Waals surface area contributed by atoms with Crippen molar-refractivity contribution in [3.8, 4) is 39.9 Å². The Morgan fingerprint density at radius 3 is 1.53 bits per heavy atom. The normalized spacial score (nSPS) is 10.7. The van der Waals surface area contributed by atoms with Gasteiger partial charge in [-0.15, -0.1) is 0 Å². The topological polar surface area (TPSA) is 57.2 Å². The Morgan fingerprint density at radius 1 is 0.529 bits per heavy atom. The molecule has 0 amide bonds. The van der Waals surface area contributed by atoms with E-state index in [-0.39, 0.29) is 5.75 Å². The van der Waals surface area contributed by atoms with Gasteiger partial charge in [0.2, 0.25) is 0 Å². The molecule has 0 saturated heterocycles. The zero-order valence-corrected chi connectivity index (χ0v) is 20.5. The summed E-state index contributed by atoms with van der Waals surface area (Å²) in [5, 5.41) is 13.7. The third-order valence-electron chi connectivity index (χ3n) is 5.59. The molecule has 4 aromatic rings. The van der Waals surface area contributed by atoms with Gasteiger partial charge in [-0.2, -0.15) is 0 Å². The predicted octanol–water partition coefficient (Wildman–Crippen LogP) is 4.85. The average Bonchev–Trinajstić information content (AvgIpc) is 2.89. The number of aromatic hydroxyl groups is 1. The van der Waals surface area contributed by atoms with E-state index in [1.54, 1.807) is 34.5 Å². The molecule has 1 N–H and O–H groups in total. The third-order valence-corrected chi connectivity index (χ3v) is 8.17. The Morgan fingerprint density at radius 2 is 1.03 bits per heavy atom. The number of benzene rings is 4. The van der Waals surface area contributed by atoms with Gasteiger partial charge in [-0.1, -0.05) is 42.5 Å². The lowest BCUT2D eigenvalue weighted by Gasteiger charge is -2.26. The summed E-state index contributed by atoms with van der Waals surface area (Å²) >= 11 is 0. The minimum absolute atomic E-state index is 0.230. The van der Waals surface area contributed by atoms with Crippen molar-refractivity contribution in [3.63, 3.8) is 0 Å². The summed E-state index contributed by atoms with van der Waals surface area (Å²) < 4.78 is 22.5. The first-order valence-electron chi connectivity index (χ1n) is 10.7. The van der Waals surface area contributed by atoms with E-state index in [4.69, 9.17) is 18.9 Å². The van der Waals surface area contributed by atoms with E-state index in [1.165, 1.54) is 0 Å². The number of hydrogen-bond donors (Lipinski definition) is 1. The molecule has 6 heteroatoms. The molecule has 0 aliphatic rings. The van der Waals surface area contributed by atoms with Gasteiger partial charge in [0.25, 0.3) is 0 Å². The summed E-state index contributed by atoms with van der Waals surface area (Å²) in [5.41, 5.74) is 1.72. The van der Waals surface area contributed by atoms with E-state index in [9.17, 15) is 5.11 Å². The second-order valence-corrected chi connectivity index (χ2v) is 9.56. The number of para-hydroxylation sites is 1. The minimum atomic E-state index is -1.16. The van der Waals surface area contributed by atoms with Crippen molar-refractivity contribution in [2.24, 2.45) is 0 Å². The Bertz CT molecular complexity index is 1230. The lowest BCUT2D eigenvalue weighted by molar-refractivity contribution is 0.396.